The minimum absolute atomic E-state index is 0.187. The van der Waals surface area contributed by atoms with Crippen molar-refractivity contribution >= 4 is 21.2 Å². The monoisotopic (exact) mass is 308 g/mol. The molecule has 5 heteroatoms. The van der Waals surface area contributed by atoms with Crippen molar-refractivity contribution < 1.29 is 8.42 Å². The van der Waals surface area contributed by atoms with E-state index in [1.165, 1.54) is 38.4 Å². The first-order chi connectivity index (χ1) is 9.94. The van der Waals surface area contributed by atoms with E-state index in [0.717, 1.165) is 24.3 Å². The van der Waals surface area contributed by atoms with Gasteiger partial charge in [0.15, 0.2) is 9.84 Å². The largest absolute Gasteiger partial charge is 0.382 e. The van der Waals surface area contributed by atoms with Crippen LogP contribution in [0.4, 0.5) is 11.4 Å². The Morgan fingerprint density at radius 1 is 1.14 bits per heavy atom. The molecule has 1 aromatic carbocycles. The van der Waals surface area contributed by atoms with E-state index in [4.69, 9.17) is 0 Å². The lowest BCUT2D eigenvalue weighted by Crippen LogP contribution is -2.48. The normalized spacial score (nSPS) is 21.5. The molecule has 0 atom stereocenters. The lowest BCUT2D eigenvalue weighted by atomic mass is 9.78. The second kappa shape index (κ2) is 5.20. The smallest absolute Gasteiger partial charge is 0.177 e. The molecule has 1 saturated carbocycles. The molecule has 1 aliphatic heterocycles. The van der Waals surface area contributed by atoms with Gasteiger partial charge in [0.1, 0.15) is 0 Å². The molecular formula is C16H24N2O2S. The zero-order valence-electron chi connectivity index (χ0n) is 12.9. The fraction of sp³-hybridized carbons (Fsp3) is 0.625. The summed E-state index contributed by atoms with van der Waals surface area (Å²) in [7, 11) is -1.09. The summed E-state index contributed by atoms with van der Waals surface area (Å²) in [6.07, 6.45) is 8.62. The lowest BCUT2D eigenvalue weighted by Gasteiger charge is -2.45. The van der Waals surface area contributed by atoms with Gasteiger partial charge in [-0.05, 0) is 31.4 Å². The minimum atomic E-state index is -3.22. The number of anilines is 2. The Labute approximate surface area is 127 Å². The van der Waals surface area contributed by atoms with Crippen LogP contribution in [-0.4, -0.2) is 33.8 Å². The van der Waals surface area contributed by atoms with Gasteiger partial charge in [0.05, 0.1) is 16.3 Å². The molecule has 1 fully saturated rings. The number of nitrogens with zero attached hydrogens (tertiary/aromatic N) is 1. The van der Waals surface area contributed by atoms with E-state index < -0.39 is 9.84 Å². The number of sulfone groups is 1. The first-order valence-corrected chi connectivity index (χ1v) is 9.64. The van der Waals surface area contributed by atoms with E-state index in [-0.39, 0.29) is 5.54 Å². The van der Waals surface area contributed by atoms with Crippen LogP contribution in [0.15, 0.2) is 23.1 Å². The molecule has 0 bridgehead atoms. The number of para-hydroxylation sites is 1. The molecule has 0 radical (unpaired) electrons. The maximum absolute atomic E-state index is 12.0. The first-order valence-electron chi connectivity index (χ1n) is 7.75. The zero-order valence-corrected chi connectivity index (χ0v) is 13.7. The Bertz CT molecular complexity index is 634. The van der Waals surface area contributed by atoms with Gasteiger partial charge in [0.2, 0.25) is 0 Å². The van der Waals surface area contributed by atoms with Crippen LogP contribution in [-0.2, 0) is 9.84 Å². The van der Waals surface area contributed by atoms with E-state index in [1.807, 2.05) is 12.1 Å². The highest BCUT2D eigenvalue weighted by atomic mass is 32.2. The highest BCUT2D eigenvalue weighted by Gasteiger charge is 2.38. The van der Waals surface area contributed by atoms with E-state index in [2.05, 4.69) is 17.3 Å². The number of nitrogens with one attached hydrogen (secondary N) is 1. The Morgan fingerprint density at radius 2 is 1.86 bits per heavy atom. The Kier molecular flexibility index (Phi) is 3.64. The van der Waals surface area contributed by atoms with E-state index in [1.54, 1.807) is 6.07 Å². The van der Waals surface area contributed by atoms with Crippen molar-refractivity contribution in [3.8, 4) is 0 Å². The highest BCUT2D eigenvalue weighted by molar-refractivity contribution is 7.90. The molecule has 0 amide bonds. The van der Waals surface area contributed by atoms with Crippen LogP contribution in [0.1, 0.15) is 38.5 Å². The number of hydrogen-bond donors (Lipinski definition) is 1. The third-order valence-electron chi connectivity index (χ3n) is 5.15. The van der Waals surface area contributed by atoms with Gasteiger partial charge in [-0.3, -0.25) is 0 Å². The summed E-state index contributed by atoms with van der Waals surface area (Å²) >= 11 is 0. The van der Waals surface area contributed by atoms with Crippen molar-refractivity contribution in [2.75, 3.05) is 30.1 Å². The molecule has 0 unspecified atom stereocenters. The van der Waals surface area contributed by atoms with Gasteiger partial charge in [-0.25, -0.2) is 8.42 Å². The molecule has 116 valence electrons. The van der Waals surface area contributed by atoms with Crippen LogP contribution in [0, 0.1) is 0 Å². The van der Waals surface area contributed by atoms with Crippen molar-refractivity contribution in [3.05, 3.63) is 18.2 Å². The average molecular weight is 308 g/mol. The zero-order chi connectivity index (χ0) is 15.1. The summed E-state index contributed by atoms with van der Waals surface area (Å²) in [5, 5.41) is 3.38. The molecule has 4 nitrogen and oxygen atoms in total. The van der Waals surface area contributed by atoms with Crippen LogP contribution in [0.3, 0.4) is 0 Å². The molecule has 0 aromatic heterocycles. The molecule has 1 spiro atoms. The van der Waals surface area contributed by atoms with Crippen LogP contribution in [0.25, 0.3) is 0 Å². The molecule has 0 saturated heterocycles. The van der Waals surface area contributed by atoms with E-state index >= 15 is 0 Å². The highest BCUT2D eigenvalue weighted by Crippen LogP contribution is 2.44. The molecule has 1 N–H and O–H groups in total. The van der Waals surface area contributed by atoms with Crippen LogP contribution >= 0.6 is 0 Å². The van der Waals surface area contributed by atoms with Crippen LogP contribution in [0.5, 0.6) is 0 Å². The summed E-state index contributed by atoms with van der Waals surface area (Å²) in [6.45, 7) is 0.837. The molecular weight excluding hydrogens is 284 g/mol. The quantitative estimate of drug-likeness (QED) is 0.866. The molecule has 21 heavy (non-hydrogen) atoms. The summed E-state index contributed by atoms with van der Waals surface area (Å²) in [5.74, 6) is 0. The van der Waals surface area contributed by atoms with Gasteiger partial charge in [-0.1, -0.05) is 25.3 Å². The van der Waals surface area contributed by atoms with Crippen molar-refractivity contribution in [1.82, 2.24) is 0 Å². The average Bonchev–Trinajstić information content (AvgIpc) is 2.58. The van der Waals surface area contributed by atoms with Crippen molar-refractivity contribution in [2.45, 2.75) is 49.0 Å². The molecule has 2 aliphatic rings. The van der Waals surface area contributed by atoms with Gasteiger partial charge in [0.25, 0.3) is 0 Å². The molecule has 1 heterocycles. The summed E-state index contributed by atoms with van der Waals surface area (Å²) in [4.78, 5) is 2.76. The first kappa shape index (κ1) is 14.7. The summed E-state index contributed by atoms with van der Waals surface area (Å²) in [5.41, 5.74) is 1.99. The maximum atomic E-state index is 12.0. The number of rotatable bonds is 1. The Morgan fingerprint density at radius 3 is 2.52 bits per heavy atom. The van der Waals surface area contributed by atoms with E-state index in [9.17, 15) is 8.42 Å². The number of fused-ring (bicyclic) bond motifs is 1. The Hall–Kier alpha value is -1.23. The molecule has 3 rings (SSSR count). The number of hydrogen-bond acceptors (Lipinski definition) is 4. The third-order valence-corrected chi connectivity index (χ3v) is 6.29. The van der Waals surface area contributed by atoms with Crippen LogP contribution < -0.4 is 10.2 Å². The van der Waals surface area contributed by atoms with Gasteiger partial charge in [-0.2, -0.15) is 0 Å². The molecule has 1 aliphatic carbocycles. The summed E-state index contributed by atoms with van der Waals surface area (Å²) in [6, 6.07) is 5.60. The predicted octanol–water partition coefficient (Wildman–Crippen LogP) is 3.04. The van der Waals surface area contributed by atoms with Gasteiger partial charge in [-0.15, -0.1) is 0 Å². The van der Waals surface area contributed by atoms with Gasteiger partial charge in [0, 0.05) is 25.4 Å². The Balaban J connectivity index is 2.10. The number of benzene rings is 1. The van der Waals surface area contributed by atoms with Crippen molar-refractivity contribution in [1.29, 1.82) is 0 Å². The van der Waals surface area contributed by atoms with Gasteiger partial charge >= 0.3 is 0 Å². The fourth-order valence-electron chi connectivity index (χ4n) is 3.92. The third kappa shape index (κ3) is 2.52. The minimum Gasteiger partial charge on any atom is -0.382 e. The standard InChI is InChI=1S/C16H24N2O2S/c1-18-13-7-6-8-14(21(2,19)20)15(13)17-12-11-16(18)9-4-3-5-10-16/h6-8,17H,3-5,9-12H2,1-2H3. The second-order valence-corrected chi connectivity index (χ2v) is 8.43. The fourth-order valence-corrected chi connectivity index (χ4v) is 4.80. The van der Waals surface area contributed by atoms with E-state index in [0.29, 0.717) is 4.90 Å². The predicted molar refractivity (Wildman–Crippen MR) is 86.9 cm³/mol. The van der Waals surface area contributed by atoms with Crippen molar-refractivity contribution in [3.63, 3.8) is 0 Å². The maximum Gasteiger partial charge on any atom is 0.177 e. The second-order valence-electron chi connectivity index (χ2n) is 6.44. The van der Waals surface area contributed by atoms with Crippen molar-refractivity contribution in [2.24, 2.45) is 0 Å². The summed E-state index contributed by atoms with van der Waals surface area (Å²) < 4.78 is 24.1. The SMILES string of the molecule is CN1c2cccc(S(C)(=O)=O)c2NCCC12CCCCC2. The molecule has 1 aromatic rings. The lowest BCUT2D eigenvalue weighted by molar-refractivity contribution is 0.274. The van der Waals surface area contributed by atoms with Crippen LogP contribution in [0.2, 0.25) is 0 Å². The topological polar surface area (TPSA) is 49.4 Å². The van der Waals surface area contributed by atoms with Gasteiger partial charge < -0.3 is 10.2 Å².